The van der Waals surface area contributed by atoms with Gasteiger partial charge in [-0.1, -0.05) is 42.5 Å². The molecule has 0 atom stereocenters. The SMILES string of the molecule is Fc1cccc(C[NH+]2CCC(Cc3ccccc3)CC2)c1. The number of rotatable bonds is 4. The van der Waals surface area contributed by atoms with Crippen LogP contribution in [0.5, 0.6) is 0 Å². The summed E-state index contributed by atoms with van der Waals surface area (Å²) in [6.07, 6.45) is 3.76. The van der Waals surface area contributed by atoms with Gasteiger partial charge in [0.25, 0.3) is 0 Å². The van der Waals surface area contributed by atoms with E-state index in [9.17, 15) is 4.39 Å². The van der Waals surface area contributed by atoms with Crippen molar-refractivity contribution in [3.63, 3.8) is 0 Å². The Balaban J connectivity index is 1.49. The molecule has 110 valence electrons. The average molecular weight is 284 g/mol. The van der Waals surface area contributed by atoms with Crippen LogP contribution in [0.3, 0.4) is 0 Å². The molecule has 1 N–H and O–H groups in total. The van der Waals surface area contributed by atoms with E-state index in [0.29, 0.717) is 0 Å². The zero-order chi connectivity index (χ0) is 14.5. The van der Waals surface area contributed by atoms with Crippen molar-refractivity contribution in [2.45, 2.75) is 25.8 Å². The lowest BCUT2D eigenvalue weighted by Gasteiger charge is -2.29. The van der Waals surface area contributed by atoms with E-state index in [1.54, 1.807) is 11.0 Å². The molecule has 2 aromatic carbocycles. The van der Waals surface area contributed by atoms with Crippen molar-refractivity contribution in [1.82, 2.24) is 0 Å². The predicted molar refractivity (Wildman–Crippen MR) is 83.7 cm³/mol. The lowest BCUT2D eigenvalue weighted by molar-refractivity contribution is -0.919. The number of nitrogens with one attached hydrogen (secondary N) is 1. The molecule has 0 bridgehead atoms. The second kappa shape index (κ2) is 6.86. The first-order chi connectivity index (χ1) is 10.3. The maximum atomic E-state index is 13.2. The summed E-state index contributed by atoms with van der Waals surface area (Å²) in [4.78, 5) is 1.59. The van der Waals surface area contributed by atoms with E-state index in [0.717, 1.165) is 18.0 Å². The highest BCUT2D eigenvalue weighted by Crippen LogP contribution is 2.16. The van der Waals surface area contributed by atoms with Gasteiger partial charge in [0, 0.05) is 5.56 Å². The molecule has 0 spiro atoms. The standard InChI is InChI=1S/C19H22FN/c20-19-8-4-7-18(14-19)15-21-11-9-17(10-12-21)13-16-5-2-1-3-6-16/h1-8,14,17H,9-13,15H2/p+1. The van der Waals surface area contributed by atoms with Gasteiger partial charge in [-0.15, -0.1) is 0 Å². The first kappa shape index (κ1) is 14.3. The number of halogens is 1. The van der Waals surface area contributed by atoms with Gasteiger partial charge in [0.15, 0.2) is 0 Å². The molecule has 0 amide bonds. The molecule has 1 aliphatic rings. The van der Waals surface area contributed by atoms with Crippen LogP contribution in [0.2, 0.25) is 0 Å². The number of benzene rings is 2. The minimum atomic E-state index is -0.120. The van der Waals surface area contributed by atoms with Crippen LogP contribution in [0.25, 0.3) is 0 Å². The number of piperidine rings is 1. The van der Waals surface area contributed by atoms with Gasteiger partial charge in [-0.05, 0) is 42.9 Å². The molecular weight excluding hydrogens is 261 g/mol. The molecule has 0 radical (unpaired) electrons. The molecule has 2 aromatic rings. The van der Waals surface area contributed by atoms with Gasteiger partial charge in [0.2, 0.25) is 0 Å². The molecule has 0 aromatic heterocycles. The van der Waals surface area contributed by atoms with E-state index in [1.807, 2.05) is 12.1 Å². The molecule has 1 fully saturated rings. The van der Waals surface area contributed by atoms with Gasteiger partial charge in [-0.25, -0.2) is 4.39 Å². The highest BCUT2D eigenvalue weighted by Gasteiger charge is 2.22. The Kier molecular flexibility index (Phi) is 4.66. The normalized spacial score (nSPS) is 22.1. The lowest BCUT2D eigenvalue weighted by atomic mass is 9.90. The largest absolute Gasteiger partial charge is 0.331 e. The third kappa shape index (κ3) is 4.15. The topological polar surface area (TPSA) is 4.44 Å². The zero-order valence-electron chi connectivity index (χ0n) is 12.4. The van der Waals surface area contributed by atoms with Gasteiger partial charge < -0.3 is 4.90 Å². The van der Waals surface area contributed by atoms with Crippen LogP contribution in [0.15, 0.2) is 54.6 Å². The summed E-state index contributed by atoms with van der Waals surface area (Å²) in [5, 5.41) is 0. The molecule has 1 heterocycles. The van der Waals surface area contributed by atoms with E-state index in [4.69, 9.17) is 0 Å². The molecule has 1 saturated heterocycles. The fourth-order valence-corrected chi connectivity index (χ4v) is 3.35. The Morgan fingerprint density at radius 1 is 0.905 bits per heavy atom. The molecule has 1 aliphatic heterocycles. The van der Waals surface area contributed by atoms with Crippen LogP contribution in [0.4, 0.5) is 4.39 Å². The van der Waals surface area contributed by atoms with Crippen LogP contribution in [-0.2, 0) is 13.0 Å². The second-order valence-corrected chi connectivity index (χ2v) is 6.19. The molecule has 2 heteroatoms. The predicted octanol–water partition coefficient (Wildman–Crippen LogP) is 2.86. The molecule has 1 nitrogen and oxygen atoms in total. The van der Waals surface area contributed by atoms with Crippen molar-refractivity contribution in [3.8, 4) is 0 Å². The summed E-state index contributed by atoms with van der Waals surface area (Å²) in [6, 6.07) is 17.8. The Morgan fingerprint density at radius 3 is 2.33 bits per heavy atom. The van der Waals surface area contributed by atoms with E-state index in [2.05, 4.69) is 30.3 Å². The quantitative estimate of drug-likeness (QED) is 0.880. The van der Waals surface area contributed by atoms with Crippen LogP contribution in [0, 0.1) is 11.7 Å². The van der Waals surface area contributed by atoms with Gasteiger partial charge in [0.1, 0.15) is 12.4 Å². The van der Waals surface area contributed by atoms with Crippen LogP contribution in [-0.4, -0.2) is 13.1 Å². The molecule has 0 unspecified atom stereocenters. The summed E-state index contributed by atoms with van der Waals surface area (Å²) < 4.78 is 13.2. The first-order valence-corrected chi connectivity index (χ1v) is 7.91. The number of hydrogen-bond donors (Lipinski definition) is 1. The van der Waals surface area contributed by atoms with Crippen molar-refractivity contribution in [2.75, 3.05) is 13.1 Å². The summed E-state index contributed by atoms with van der Waals surface area (Å²) in [5.74, 6) is 0.689. The van der Waals surface area contributed by atoms with Crippen LogP contribution < -0.4 is 4.90 Å². The third-order valence-electron chi connectivity index (χ3n) is 4.52. The minimum absolute atomic E-state index is 0.120. The van der Waals surface area contributed by atoms with Crippen molar-refractivity contribution in [1.29, 1.82) is 0 Å². The molecule has 0 saturated carbocycles. The maximum absolute atomic E-state index is 13.2. The van der Waals surface area contributed by atoms with Crippen molar-refractivity contribution in [3.05, 3.63) is 71.5 Å². The van der Waals surface area contributed by atoms with Crippen molar-refractivity contribution < 1.29 is 9.29 Å². The Labute approximate surface area is 126 Å². The fourth-order valence-electron chi connectivity index (χ4n) is 3.35. The zero-order valence-corrected chi connectivity index (χ0v) is 12.4. The molecule has 21 heavy (non-hydrogen) atoms. The number of quaternary nitrogens is 1. The van der Waals surface area contributed by atoms with Gasteiger partial charge in [0.05, 0.1) is 13.1 Å². The fraction of sp³-hybridized carbons (Fsp3) is 0.368. The highest BCUT2D eigenvalue weighted by atomic mass is 19.1. The minimum Gasteiger partial charge on any atom is -0.331 e. The molecular formula is C19H23FN+. The summed E-state index contributed by atoms with van der Waals surface area (Å²) in [6.45, 7) is 3.36. The van der Waals surface area contributed by atoms with E-state index in [1.165, 1.54) is 44.0 Å². The summed E-state index contributed by atoms with van der Waals surface area (Å²) >= 11 is 0. The van der Waals surface area contributed by atoms with Crippen molar-refractivity contribution >= 4 is 0 Å². The third-order valence-corrected chi connectivity index (χ3v) is 4.52. The van der Waals surface area contributed by atoms with Gasteiger partial charge in [-0.2, -0.15) is 0 Å². The second-order valence-electron chi connectivity index (χ2n) is 6.19. The van der Waals surface area contributed by atoms with Crippen LogP contribution >= 0.6 is 0 Å². The highest BCUT2D eigenvalue weighted by molar-refractivity contribution is 5.16. The molecule has 0 aliphatic carbocycles. The Hall–Kier alpha value is -1.67. The van der Waals surface area contributed by atoms with Crippen LogP contribution in [0.1, 0.15) is 24.0 Å². The Bertz CT molecular complexity index is 559. The Morgan fingerprint density at radius 2 is 1.62 bits per heavy atom. The summed E-state index contributed by atoms with van der Waals surface area (Å²) in [5.41, 5.74) is 2.57. The number of hydrogen-bond acceptors (Lipinski definition) is 0. The van der Waals surface area contributed by atoms with E-state index in [-0.39, 0.29) is 5.82 Å². The summed E-state index contributed by atoms with van der Waals surface area (Å²) in [7, 11) is 0. The van der Waals surface area contributed by atoms with E-state index < -0.39 is 0 Å². The first-order valence-electron chi connectivity index (χ1n) is 7.91. The van der Waals surface area contributed by atoms with Crippen molar-refractivity contribution in [2.24, 2.45) is 5.92 Å². The van der Waals surface area contributed by atoms with Gasteiger partial charge >= 0.3 is 0 Å². The van der Waals surface area contributed by atoms with E-state index >= 15 is 0 Å². The molecule has 3 rings (SSSR count). The smallest absolute Gasteiger partial charge is 0.123 e. The number of likely N-dealkylation sites (tertiary alicyclic amines) is 1. The maximum Gasteiger partial charge on any atom is 0.123 e. The van der Waals surface area contributed by atoms with Gasteiger partial charge in [-0.3, -0.25) is 0 Å². The average Bonchev–Trinajstić information content (AvgIpc) is 2.50. The lowest BCUT2D eigenvalue weighted by Crippen LogP contribution is -3.11. The monoisotopic (exact) mass is 284 g/mol.